The molecule has 1 amide bonds. The van der Waals surface area contributed by atoms with Crippen molar-refractivity contribution in [2.24, 2.45) is 0 Å². The second kappa shape index (κ2) is 6.83. The van der Waals surface area contributed by atoms with Crippen LogP contribution in [0.1, 0.15) is 25.3 Å². The standard InChI is InChI=1S/C15H16N6O2S/c1-9(2)10-3-5-11(6-4-10)17-13(23)8-24-15-20-19-14-18-12(22)7-16-21(14)15/h3-7,9H,8H2,1-2H3,(H,17,23)(H,18,19,22). The van der Waals surface area contributed by atoms with Crippen molar-refractivity contribution in [2.45, 2.75) is 24.9 Å². The number of H-pyrrole nitrogens is 1. The third-order valence-electron chi connectivity index (χ3n) is 3.33. The van der Waals surface area contributed by atoms with Crippen LogP contribution >= 0.6 is 11.8 Å². The Morgan fingerprint density at radius 2 is 2.04 bits per heavy atom. The molecular formula is C15H16N6O2S. The molecule has 3 aromatic rings. The summed E-state index contributed by atoms with van der Waals surface area (Å²) in [6.45, 7) is 4.24. The number of carbonyl (C=O) groups excluding carboxylic acids is 1. The van der Waals surface area contributed by atoms with Crippen LogP contribution in [0.3, 0.4) is 0 Å². The number of hydrogen-bond acceptors (Lipinski definition) is 6. The molecule has 0 atom stereocenters. The van der Waals surface area contributed by atoms with Crippen LogP contribution in [0.25, 0.3) is 5.78 Å². The number of nitrogens with zero attached hydrogens (tertiary/aromatic N) is 4. The lowest BCUT2D eigenvalue weighted by Crippen LogP contribution is -2.14. The number of hydrogen-bond donors (Lipinski definition) is 2. The summed E-state index contributed by atoms with van der Waals surface area (Å²) >= 11 is 1.19. The van der Waals surface area contributed by atoms with Crippen LogP contribution in [0.2, 0.25) is 0 Å². The quantitative estimate of drug-likeness (QED) is 0.682. The van der Waals surface area contributed by atoms with Gasteiger partial charge in [-0.2, -0.15) is 9.61 Å². The number of benzene rings is 1. The maximum Gasteiger partial charge on any atom is 0.271 e. The number of fused-ring (bicyclic) bond motifs is 1. The Kier molecular flexibility index (Phi) is 4.61. The highest BCUT2D eigenvalue weighted by molar-refractivity contribution is 7.99. The Morgan fingerprint density at radius 3 is 2.75 bits per heavy atom. The highest BCUT2D eigenvalue weighted by Crippen LogP contribution is 2.18. The third-order valence-corrected chi connectivity index (χ3v) is 4.25. The van der Waals surface area contributed by atoms with E-state index in [4.69, 9.17) is 0 Å². The molecular weight excluding hydrogens is 328 g/mol. The maximum absolute atomic E-state index is 12.0. The predicted molar refractivity (Wildman–Crippen MR) is 91.3 cm³/mol. The summed E-state index contributed by atoms with van der Waals surface area (Å²) < 4.78 is 1.39. The summed E-state index contributed by atoms with van der Waals surface area (Å²) in [4.78, 5) is 25.7. The number of aromatic nitrogens is 5. The fourth-order valence-electron chi connectivity index (χ4n) is 2.07. The van der Waals surface area contributed by atoms with Gasteiger partial charge in [-0.1, -0.05) is 37.7 Å². The van der Waals surface area contributed by atoms with Crippen molar-refractivity contribution in [2.75, 3.05) is 11.1 Å². The highest BCUT2D eigenvalue weighted by atomic mass is 32.2. The summed E-state index contributed by atoms with van der Waals surface area (Å²) in [7, 11) is 0. The highest BCUT2D eigenvalue weighted by Gasteiger charge is 2.11. The van der Waals surface area contributed by atoms with Gasteiger partial charge in [0.1, 0.15) is 6.20 Å². The number of anilines is 1. The summed E-state index contributed by atoms with van der Waals surface area (Å²) in [5.41, 5.74) is 1.62. The Morgan fingerprint density at radius 1 is 1.29 bits per heavy atom. The van der Waals surface area contributed by atoms with Crippen molar-refractivity contribution < 1.29 is 4.79 Å². The monoisotopic (exact) mass is 344 g/mol. The first kappa shape index (κ1) is 16.2. The number of aromatic amines is 1. The normalized spacial score (nSPS) is 11.1. The Balaban J connectivity index is 1.61. The van der Waals surface area contributed by atoms with Crippen LogP contribution in [0.4, 0.5) is 5.69 Å². The molecule has 0 saturated heterocycles. The van der Waals surface area contributed by atoms with Gasteiger partial charge >= 0.3 is 0 Å². The van der Waals surface area contributed by atoms with Gasteiger partial charge in [0, 0.05) is 5.69 Å². The van der Waals surface area contributed by atoms with Crippen LogP contribution in [0.15, 0.2) is 40.4 Å². The van der Waals surface area contributed by atoms with E-state index in [0.717, 1.165) is 11.9 Å². The van der Waals surface area contributed by atoms with Crippen LogP contribution in [-0.2, 0) is 4.79 Å². The van der Waals surface area contributed by atoms with E-state index in [1.165, 1.54) is 21.8 Å². The van der Waals surface area contributed by atoms with E-state index in [9.17, 15) is 9.59 Å². The first-order valence-electron chi connectivity index (χ1n) is 7.36. The zero-order chi connectivity index (χ0) is 17.1. The molecule has 0 unspecified atom stereocenters. The average Bonchev–Trinajstić information content (AvgIpc) is 2.95. The molecule has 0 saturated carbocycles. The van der Waals surface area contributed by atoms with Crippen molar-refractivity contribution >= 4 is 29.1 Å². The summed E-state index contributed by atoms with van der Waals surface area (Å²) in [6.07, 6.45) is 1.14. The molecule has 24 heavy (non-hydrogen) atoms. The van der Waals surface area contributed by atoms with Gasteiger partial charge in [0.2, 0.25) is 11.1 Å². The van der Waals surface area contributed by atoms with Crippen molar-refractivity contribution in [3.8, 4) is 0 Å². The zero-order valence-electron chi connectivity index (χ0n) is 13.2. The fraction of sp³-hybridized carbons (Fsp3) is 0.267. The summed E-state index contributed by atoms with van der Waals surface area (Å²) in [5.74, 6) is 0.701. The zero-order valence-corrected chi connectivity index (χ0v) is 14.0. The third kappa shape index (κ3) is 3.62. The van der Waals surface area contributed by atoms with Crippen molar-refractivity contribution in [1.82, 2.24) is 24.8 Å². The van der Waals surface area contributed by atoms with Gasteiger partial charge in [0.05, 0.1) is 5.75 Å². The molecule has 0 aliphatic carbocycles. The largest absolute Gasteiger partial charge is 0.325 e. The lowest BCUT2D eigenvalue weighted by molar-refractivity contribution is -0.113. The molecule has 2 heterocycles. The molecule has 0 aliphatic rings. The maximum atomic E-state index is 12.0. The molecule has 0 spiro atoms. The van der Waals surface area contributed by atoms with Gasteiger partial charge in [-0.25, -0.2) is 0 Å². The second-order valence-corrected chi connectivity index (χ2v) is 6.41. The number of rotatable bonds is 5. The Bertz CT molecular complexity index is 916. The minimum absolute atomic E-state index is 0.154. The van der Waals surface area contributed by atoms with Gasteiger partial charge in [-0.3, -0.25) is 14.6 Å². The average molecular weight is 344 g/mol. The van der Waals surface area contributed by atoms with Crippen LogP contribution in [0, 0.1) is 0 Å². The second-order valence-electron chi connectivity index (χ2n) is 5.47. The van der Waals surface area contributed by atoms with E-state index in [0.29, 0.717) is 11.1 Å². The minimum atomic E-state index is -0.353. The van der Waals surface area contributed by atoms with Gasteiger partial charge < -0.3 is 5.32 Å². The molecule has 124 valence electrons. The van der Waals surface area contributed by atoms with Crippen molar-refractivity contribution in [3.05, 3.63) is 46.4 Å². The molecule has 9 heteroatoms. The predicted octanol–water partition coefficient (Wildman–Crippen LogP) is 1.67. The fourth-order valence-corrected chi connectivity index (χ4v) is 2.76. The SMILES string of the molecule is CC(C)c1ccc(NC(=O)CSc2nnc3[nH]c(=O)cnn23)cc1. The molecule has 0 radical (unpaired) electrons. The van der Waals surface area contributed by atoms with E-state index in [2.05, 4.69) is 39.4 Å². The molecule has 0 bridgehead atoms. The van der Waals surface area contributed by atoms with E-state index < -0.39 is 0 Å². The number of nitrogens with one attached hydrogen (secondary N) is 2. The summed E-state index contributed by atoms with van der Waals surface area (Å²) in [5, 5.41) is 14.9. The number of carbonyl (C=O) groups is 1. The molecule has 0 aliphatic heterocycles. The first-order chi connectivity index (χ1) is 11.5. The molecule has 0 fully saturated rings. The van der Waals surface area contributed by atoms with Crippen molar-refractivity contribution in [3.63, 3.8) is 0 Å². The van der Waals surface area contributed by atoms with Crippen LogP contribution in [-0.4, -0.2) is 36.5 Å². The van der Waals surface area contributed by atoms with E-state index in [-0.39, 0.29) is 23.0 Å². The minimum Gasteiger partial charge on any atom is -0.325 e. The van der Waals surface area contributed by atoms with E-state index >= 15 is 0 Å². The molecule has 8 nitrogen and oxygen atoms in total. The number of thioether (sulfide) groups is 1. The topological polar surface area (TPSA) is 105 Å². The number of amides is 1. The van der Waals surface area contributed by atoms with E-state index in [1.807, 2.05) is 24.3 Å². The van der Waals surface area contributed by atoms with E-state index in [1.54, 1.807) is 0 Å². The molecule has 3 rings (SSSR count). The Hall–Kier alpha value is -2.68. The van der Waals surface area contributed by atoms with Gasteiger partial charge in [-0.15, -0.1) is 10.2 Å². The summed E-state index contributed by atoms with van der Waals surface area (Å²) in [6, 6.07) is 7.77. The molecule has 1 aromatic carbocycles. The van der Waals surface area contributed by atoms with Gasteiger partial charge in [-0.05, 0) is 23.6 Å². The van der Waals surface area contributed by atoms with Crippen LogP contribution in [0.5, 0.6) is 0 Å². The lowest BCUT2D eigenvalue weighted by Gasteiger charge is -2.08. The van der Waals surface area contributed by atoms with Gasteiger partial charge in [0.15, 0.2) is 0 Å². The van der Waals surface area contributed by atoms with Gasteiger partial charge in [0.25, 0.3) is 11.3 Å². The van der Waals surface area contributed by atoms with Crippen LogP contribution < -0.4 is 10.9 Å². The van der Waals surface area contributed by atoms with Crippen molar-refractivity contribution in [1.29, 1.82) is 0 Å². The first-order valence-corrected chi connectivity index (χ1v) is 8.35. The lowest BCUT2D eigenvalue weighted by atomic mass is 10.0. The molecule has 2 N–H and O–H groups in total. The smallest absolute Gasteiger partial charge is 0.271 e. The Labute approximate surface area is 141 Å². The molecule has 2 aromatic heterocycles.